The topological polar surface area (TPSA) is 38.1 Å². The predicted octanol–water partition coefficient (Wildman–Crippen LogP) is 3.69. The van der Waals surface area contributed by atoms with Crippen molar-refractivity contribution < 1.29 is 4.79 Å². The van der Waals surface area contributed by atoms with Crippen LogP contribution in [0.2, 0.25) is 0 Å². The van der Waals surface area contributed by atoms with Gasteiger partial charge in [0.05, 0.1) is 5.56 Å². The Hall–Kier alpha value is -2.62. The zero-order valence-electron chi connectivity index (χ0n) is 13.9. The highest BCUT2D eigenvalue weighted by Crippen LogP contribution is 2.34. The Morgan fingerprint density at radius 2 is 2.12 bits per heavy atom. The number of hydrogen-bond donors (Lipinski definition) is 0. The molecule has 1 aromatic carbocycles. The molecule has 1 amide bonds. The molecule has 1 atom stereocenters. The Balaban J connectivity index is 1.60. The van der Waals surface area contributed by atoms with Crippen molar-refractivity contribution in [3.05, 3.63) is 66.1 Å². The second-order valence-electron chi connectivity index (χ2n) is 6.37. The molecule has 3 aromatic rings. The average Bonchev–Trinajstić information content (AvgIpc) is 3.26. The first kappa shape index (κ1) is 14.9. The van der Waals surface area contributed by atoms with E-state index in [2.05, 4.69) is 46.9 Å². The molecule has 0 N–H and O–H groups in total. The summed E-state index contributed by atoms with van der Waals surface area (Å²) in [4.78, 5) is 18.6. The smallest absolute Gasteiger partial charge is 0.255 e. The number of para-hydroxylation sites is 1. The first-order valence-corrected chi connectivity index (χ1v) is 8.55. The van der Waals surface area contributed by atoms with Gasteiger partial charge < -0.3 is 9.47 Å². The van der Waals surface area contributed by atoms with Crippen LogP contribution in [0.15, 0.2) is 55.0 Å². The molecule has 1 saturated heterocycles. The molecule has 0 radical (unpaired) electrons. The fourth-order valence-electron chi connectivity index (χ4n) is 3.73. The van der Waals surface area contributed by atoms with Gasteiger partial charge in [-0.2, -0.15) is 0 Å². The third kappa shape index (κ3) is 2.48. The van der Waals surface area contributed by atoms with E-state index in [1.807, 2.05) is 17.0 Å². The van der Waals surface area contributed by atoms with E-state index in [9.17, 15) is 4.79 Å². The molecule has 1 unspecified atom stereocenters. The Labute approximate surface area is 141 Å². The van der Waals surface area contributed by atoms with E-state index in [0.29, 0.717) is 11.5 Å². The number of pyridine rings is 1. The van der Waals surface area contributed by atoms with Crippen LogP contribution in [0.4, 0.5) is 0 Å². The van der Waals surface area contributed by atoms with Gasteiger partial charge in [0.25, 0.3) is 5.91 Å². The number of carbonyl (C=O) groups is 1. The average molecular weight is 319 g/mol. The van der Waals surface area contributed by atoms with E-state index in [0.717, 1.165) is 26.1 Å². The number of rotatable bonds is 3. The molecule has 4 rings (SSSR count). The van der Waals surface area contributed by atoms with Gasteiger partial charge in [-0.15, -0.1) is 0 Å². The lowest BCUT2D eigenvalue weighted by Crippen LogP contribution is -2.28. The van der Waals surface area contributed by atoms with Crippen LogP contribution in [0.25, 0.3) is 10.9 Å². The van der Waals surface area contributed by atoms with Gasteiger partial charge in [0, 0.05) is 55.0 Å². The van der Waals surface area contributed by atoms with Gasteiger partial charge in [-0.05, 0) is 37.1 Å². The molecule has 0 aliphatic carbocycles. The Kier molecular flexibility index (Phi) is 3.81. The van der Waals surface area contributed by atoms with Crippen molar-refractivity contribution in [2.24, 2.45) is 0 Å². The first-order valence-electron chi connectivity index (χ1n) is 8.55. The number of aromatic nitrogens is 2. The van der Waals surface area contributed by atoms with Crippen molar-refractivity contribution >= 4 is 16.8 Å². The summed E-state index contributed by atoms with van der Waals surface area (Å²) in [7, 11) is 0. The maximum Gasteiger partial charge on any atom is 0.255 e. The molecule has 1 fully saturated rings. The molecule has 4 nitrogen and oxygen atoms in total. The van der Waals surface area contributed by atoms with Gasteiger partial charge in [-0.25, -0.2) is 0 Å². The van der Waals surface area contributed by atoms with E-state index in [-0.39, 0.29) is 5.91 Å². The summed E-state index contributed by atoms with van der Waals surface area (Å²) in [6.45, 7) is 4.73. The van der Waals surface area contributed by atoms with E-state index in [4.69, 9.17) is 0 Å². The third-order valence-electron chi connectivity index (χ3n) is 4.98. The van der Waals surface area contributed by atoms with Crippen LogP contribution in [0.1, 0.15) is 35.2 Å². The van der Waals surface area contributed by atoms with Crippen LogP contribution >= 0.6 is 0 Å². The number of fused-ring (bicyclic) bond motifs is 1. The Bertz CT molecular complexity index is 869. The molecule has 4 heteroatoms. The summed E-state index contributed by atoms with van der Waals surface area (Å²) >= 11 is 0. The molecule has 24 heavy (non-hydrogen) atoms. The molecule has 1 aliphatic heterocycles. The summed E-state index contributed by atoms with van der Waals surface area (Å²) in [5.74, 6) is 0.494. The predicted molar refractivity (Wildman–Crippen MR) is 95.1 cm³/mol. The second kappa shape index (κ2) is 6.11. The van der Waals surface area contributed by atoms with Gasteiger partial charge in [-0.3, -0.25) is 9.78 Å². The van der Waals surface area contributed by atoms with Crippen LogP contribution < -0.4 is 0 Å². The van der Waals surface area contributed by atoms with E-state index >= 15 is 0 Å². The van der Waals surface area contributed by atoms with Crippen LogP contribution in [0, 0.1) is 0 Å². The largest absolute Gasteiger partial charge is 0.347 e. The van der Waals surface area contributed by atoms with Crippen LogP contribution in [0.5, 0.6) is 0 Å². The summed E-state index contributed by atoms with van der Waals surface area (Å²) in [5, 5.41) is 1.32. The summed E-state index contributed by atoms with van der Waals surface area (Å²) in [5.41, 5.74) is 3.33. The number of amides is 1. The molecule has 0 bridgehead atoms. The number of likely N-dealkylation sites (tertiary alicyclic amines) is 1. The van der Waals surface area contributed by atoms with Crippen LogP contribution in [-0.4, -0.2) is 33.4 Å². The number of benzene rings is 1. The van der Waals surface area contributed by atoms with Gasteiger partial charge in [-0.1, -0.05) is 18.2 Å². The lowest BCUT2D eigenvalue weighted by molar-refractivity contribution is 0.0790. The van der Waals surface area contributed by atoms with Crippen molar-refractivity contribution in [3.8, 4) is 0 Å². The molecular formula is C20H21N3O. The fraction of sp³-hybridized carbons (Fsp3) is 0.300. The molecule has 1 aliphatic rings. The summed E-state index contributed by atoms with van der Waals surface area (Å²) in [6, 6.07) is 12.2. The Morgan fingerprint density at radius 1 is 1.25 bits per heavy atom. The SMILES string of the molecule is CCn1cc(C2CCN(C(=O)c3cccnc3)C2)c2ccccc21. The van der Waals surface area contributed by atoms with E-state index < -0.39 is 0 Å². The number of nitrogens with zero attached hydrogens (tertiary/aromatic N) is 3. The highest BCUT2D eigenvalue weighted by atomic mass is 16.2. The summed E-state index contributed by atoms with van der Waals surface area (Å²) in [6.07, 6.45) is 6.64. The minimum Gasteiger partial charge on any atom is -0.347 e. The molecule has 122 valence electrons. The monoisotopic (exact) mass is 319 g/mol. The number of aryl methyl sites for hydroxylation is 1. The minimum atomic E-state index is 0.0878. The van der Waals surface area contributed by atoms with Crippen molar-refractivity contribution in [3.63, 3.8) is 0 Å². The minimum absolute atomic E-state index is 0.0878. The molecular weight excluding hydrogens is 298 g/mol. The molecule has 2 aromatic heterocycles. The maximum atomic E-state index is 12.6. The van der Waals surface area contributed by atoms with Crippen molar-refractivity contribution in [1.82, 2.24) is 14.5 Å². The summed E-state index contributed by atoms with van der Waals surface area (Å²) < 4.78 is 2.30. The number of carbonyl (C=O) groups excluding carboxylic acids is 1. The lowest BCUT2D eigenvalue weighted by Gasteiger charge is -2.16. The lowest BCUT2D eigenvalue weighted by atomic mass is 9.98. The molecule has 3 heterocycles. The standard InChI is InChI=1S/C20H21N3O/c1-2-22-14-18(17-7-3-4-8-19(17)22)16-9-11-23(13-16)20(24)15-6-5-10-21-12-15/h3-8,10,12,14,16H,2,9,11,13H2,1H3. The highest BCUT2D eigenvalue weighted by molar-refractivity contribution is 5.94. The first-order chi connectivity index (χ1) is 11.8. The molecule has 0 spiro atoms. The van der Waals surface area contributed by atoms with Crippen molar-refractivity contribution in [2.45, 2.75) is 25.8 Å². The quantitative estimate of drug-likeness (QED) is 0.738. The van der Waals surface area contributed by atoms with Crippen LogP contribution in [-0.2, 0) is 6.54 Å². The van der Waals surface area contributed by atoms with E-state index in [1.165, 1.54) is 16.5 Å². The van der Waals surface area contributed by atoms with Gasteiger partial charge in [0.15, 0.2) is 0 Å². The molecule has 0 saturated carbocycles. The van der Waals surface area contributed by atoms with E-state index in [1.54, 1.807) is 12.4 Å². The maximum absolute atomic E-state index is 12.6. The fourth-order valence-corrected chi connectivity index (χ4v) is 3.73. The second-order valence-corrected chi connectivity index (χ2v) is 6.37. The Morgan fingerprint density at radius 3 is 2.92 bits per heavy atom. The zero-order chi connectivity index (χ0) is 16.5. The van der Waals surface area contributed by atoms with Crippen molar-refractivity contribution in [2.75, 3.05) is 13.1 Å². The normalized spacial score (nSPS) is 17.5. The number of hydrogen-bond acceptors (Lipinski definition) is 2. The third-order valence-corrected chi connectivity index (χ3v) is 4.98. The van der Waals surface area contributed by atoms with Gasteiger partial charge in [0.1, 0.15) is 0 Å². The van der Waals surface area contributed by atoms with Crippen LogP contribution in [0.3, 0.4) is 0 Å². The van der Waals surface area contributed by atoms with Gasteiger partial charge >= 0.3 is 0 Å². The highest BCUT2D eigenvalue weighted by Gasteiger charge is 2.29. The van der Waals surface area contributed by atoms with Crippen molar-refractivity contribution in [1.29, 1.82) is 0 Å². The zero-order valence-corrected chi connectivity index (χ0v) is 13.9. The van der Waals surface area contributed by atoms with Gasteiger partial charge in [0.2, 0.25) is 0 Å².